The molecule has 0 aliphatic carbocycles. The summed E-state index contributed by atoms with van der Waals surface area (Å²) in [4.78, 5) is 0. The first-order valence-electron chi connectivity index (χ1n) is 37.3. The fourth-order valence-corrected chi connectivity index (χ4v) is 49.5. The van der Waals surface area contributed by atoms with E-state index in [1.54, 1.807) is 0 Å². The Morgan fingerprint density at radius 3 is 0.822 bits per heavy atom. The van der Waals surface area contributed by atoms with Crippen molar-refractivity contribution in [3.8, 4) is 22.7 Å². The van der Waals surface area contributed by atoms with Gasteiger partial charge < -0.3 is 0 Å². The van der Waals surface area contributed by atoms with Crippen LogP contribution in [0.1, 0.15) is 27.8 Å². The van der Waals surface area contributed by atoms with Gasteiger partial charge >= 0.3 is 614 Å². The summed E-state index contributed by atoms with van der Waals surface area (Å²) in [5, 5.41) is 10.1. The van der Waals surface area contributed by atoms with E-state index in [0.29, 0.717) is 0 Å². The van der Waals surface area contributed by atoms with Crippen LogP contribution in [0.3, 0.4) is 0 Å². The number of para-hydroxylation sites is 6. The zero-order valence-electron chi connectivity index (χ0n) is 60.7. The average molecular weight is 1590 g/mol. The number of nitrogens with zero attached hydrogens (tertiary/aromatic N) is 4. The van der Waals surface area contributed by atoms with Crippen molar-refractivity contribution >= 4 is 153 Å². The third kappa shape index (κ3) is 10.5. The van der Waals surface area contributed by atoms with Gasteiger partial charge in [-0.2, -0.15) is 0 Å². The molecule has 6 heteroatoms. The van der Waals surface area contributed by atoms with Crippen LogP contribution in [0.5, 0.6) is 0 Å². The van der Waals surface area contributed by atoms with Crippen molar-refractivity contribution in [1.29, 1.82) is 0 Å². The topological polar surface area (TPSA) is 19.7 Å². The molecule has 0 spiro atoms. The monoisotopic (exact) mass is 1590 g/mol. The van der Waals surface area contributed by atoms with Crippen molar-refractivity contribution in [3.63, 3.8) is 0 Å². The Kier molecular flexibility index (Phi) is 16.7. The third-order valence-electron chi connectivity index (χ3n) is 23.1. The summed E-state index contributed by atoms with van der Waals surface area (Å²) >= 11 is -7.92. The fraction of sp³-hybridized carbons (Fsp3) is 0.0495. The van der Waals surface area contributed by atoms with Crippen LogP contribution in [0.4, 0.5) is 0 Å². The first-order valence-corrected chi connectivity index (χ1v) is 48.7. The number of hydrogen-bond acceptors (Lipinski definition) is 0. The van der Waals surface area contributed by atoms with E-state index < -0.39 is 36.8 Å². The van der Waals surface area contributed by atoms with Crippen LogP contribution in [0.15, 0.2) is 382 Å². The van der Waals surface area contributed by atoms with E-state index in [-0.39, 0.29) is 0 Å². The Hall–Kier alpha value is -11.7. The minimum absolute atomic E-state index is 1.17. The van der Waals surface area contributed by atoms with Gasteiger partial charge in [0.15, 0.2) is 0 Å². The Bertz CT molecular complexity index is 6520. The molecule has 20 rings (SSSR count). The summed E-state index contributed by atoms with van der Waals surface area (Å²) in [5.74, 6) is 0. The molecule has 0 aliphatic rings. The Balaban J connectivity index is 0.000000146. The summed E-state index contributed by atoms with van der Waals surface area (Å²) in [5.41, 5.74) is 21.3. The zero-order valence-corrected chi connectivity index (χ0v) is 66.4. The molecular formula is C101H78N4Sn2. The second kappa shape index (κ2) is 27.0. The molecule has 0 amide bonds. The Morgan fingerprint density at radius 1 is 0.178 bits per heavy atom. The maximum absolute atomic E-state index is 4.05. The summed E-state index contributed by atoms with van der Waals surface area (Å²) in [6.07, 6.45) is 0. The van der Waals surface area contributed by atoms with E-state index in [1.807, 2.05) is 0 Å². The molecule has 16 aromatic carbocycles. The fourth-order valence-electron chi connectivity index (χ4n) is 18.4. The quantitative estimate of drug-likeness (QED) is 0.109. The van der Waals surface area contributed by atoms with Crippen LogP contribution in [0.2, 0.25) is 0 Å². The van der Waals surface area contributed by atoms with Crippen LogP contribution in [-0.4, -0.2) is 55.0 Å². The molecule has 20 aromatic rings. The van der Waals surface area contributed by atoms with Gasteiger partial charge in [0.25, 0.3) is 0 Å². The molecule has 0 radical (unpaired) electrons. The van der Waals surface area contributed by atoms with Crippen molar-refractivity contribution in [2.75, 3.05) is 0 Å². The molecule has 4 heterocycles. The molecule has 0 saturated carbocycles. The second-order valence-corrected chi connectivity index (χ2v) is 50.0. The van der Waals surface area contributed by atoms with E-state index in [4.69, 9.17) is 0 Å². The van der Waals surface area contributed by atoms with Crippen molar-refractivity contribution in [2.45, 2.75) is 34.6 Å². The van der Waals surface area contributed by atoms with E-state index in [9.17, 15) is 0 Å². The van der Waals surface area contributed by atoms with Crippen LogP contribution in [0.25, 0.3) is 110 Å². The first-order chi connectivity index (χ1) is 52.7. The van der Waals surface area contributed by atoms with Gasteiger partial charge in [0.2, 0.25) is 0 Å². The molecule has 0 saturated heterocycles. The van der Waals surface area contributed by atoms with Gasteiger partial charge in [0.1, 0.15) is 0 Å². The third-order valence-corrected chi connectivity index (χ3v) is 52.8. The molecule has 0 bridgehead atoms. The molecule has 510 valence electrons. The van der Waals surface area contributed by atoms with Gasteiger partial charge in [-0.05, 0) is 0 Å². The molecule has 0 unspecified atom stereocenters. The average Bonchev–Trinajstić information content (AvgIpc) is 1.24. The van der Waals surface area contributed by atoms with E-state index in [2.05, 4.69) is 435 Å². The van der Waals surface area contributed by atoms with Gasteiger partial charge in [-0.1, -0.05) is 24.3 Å². The van der Waals surface area contributed by atoms with Crippen LogP contribution < -0.4 is 28.6 Å². The number of benzene rings is 16. The van der Waals surface area contributed by atoms with Gasteiger partial charge in [-0.25, -0.2) is 0 Å². The summed E-state index contributed by atoms with van der Waals surface area (Å²) < 4.78 is 21.7. The van der Waals surface area contributed by atoms with Crippen LogP contribution in [-0.2, 0) is 0 Å². The zero-order chi connectivity index (χ0) is 71.9. The van der Waals surface area contributed by atoms with E-state index in [0.717, 1.165) is 0 Å². The molecule has 107 heavy (non-hydrogen) atoms. The van der Waals surface area contributed by atoms with Gasteiger partial charge in [-0.3, -0.25) is 0 Å². The van der Waals surface area contributed by atoms with Gasteiger partial charge in [-0.15, -0.1) is 0 Å². The van der Waals surface area contributed by atoms with Crippen LogP contribution in [0, 0.1) is 34.6 Å². The number of hydrogen-bond donors (Lipinski definition) is 0. The summed E-state index contributed by atoms with van der Waals surface area (Å²) in [6.45, 7) is 11.6. The first kappa shape index (κ1) is 66.0. The molecular weight excluding hydrogens is 1510 g/mol. The van der Waals surface area contributed by atoms with Crippen molar-refractivity contribution < 1.29 is 0 Å². The standard InChI is InChI=1S/2C31H21N2.3C7H7.3C6H5.2Sn/c1-21-10-2-6-14-27(21)33-30-17-9-5-13-25(30)26-20-22(18-19-31(26)33)32-28-15-7-3-11-23(28)24-12-4-8-16-29(24)32;1-21-14-16-22(17-15-21)32-30-13-7-4-10-26(30)27-20-23(18-19-31(27)32)33-28-11-5-2-8-24(28)25-9-3-6-12-29(25)33;3*1-7-5-3-2-4-6-7;3*1-2-4-6-5-3-1;;/h2-9,11-20H,1H3;2-14,16-20H,1H3;3*2-5H,1H3;3*1-5H;;. The normalized spacial score (nSPS) is 12.0. The molecule has 0 N–H and O–H groups in total. The molecule has 0 aliphatic heterocycles. The molecule has 4 aromatic heterocycles. The maximum atomic E-state index is 2.57. The predicted octanol–water partition coefficient (Wildman–Crippen LogP) is 20.1. The van der Waals surface area contributed by atoms with Crippen LogP contribution >= 0.6 is 0 Å². The number of aromatic nitrogens is 4. The second-order valence-electron chi connectivity index (χ2n) is 28.8. The molecule has 0 atom stereocenters. The number of aryl methyl sites for hydroxylation is 4. The predicted molar refractivity (Wildman–Crippen MR) is 461 cm³/mol. The van der Waals surface area contributed by atoms with Crippen molar-refractivity contribution in [2.24, 2.45) is 0 Å². The Morgan fingerprint density at radius 2 is 0.449 bits per heavy atom. The minimum atomic E-state index is -4.05. The van der Waals surface area contributed by atoms with Crippen molar-refractivity contribution in [3.05, 3.63) is 410 Å². The summed E-state index contributed by atoms with van der Waals surface area (Å²) in [6, 6.07) is 143. The van der Waals surface area contributed by atoms with E-state index in [1.165, 1.54) is 166 Å². The molecule has 0 fully saturated rings. The van der Waals surface area contributed by atoms with Gasteiger partial charge in [0.05, 0.1) is 0 Å². The van der Waals surface area contributed by atoms with Gasteiger partial charge in [0, 0.05) is 0 Å². The SMILES string of the molecule is Cc1c(-n2c3ccccc3c3cc(-n4c5ccccc5c5ccccc54)ccc32)ccc[c]1[Sn]([c]1ccccc1)([c]1ccccc1)[c]1ccccc1.Cc1cccc[c]1[Sn]([c]1ccccc1C)([c]1ccccc1C)[c]1cc(-n2c3ccccc3c3cc(-n4c5ccccc5c5ccccc54)ccc32)ccc1C. The number of fused-ring (bicyclic) bond motifs is 12. The van der Waals surface area contributed by atoms with E-state index >= 15 is 0 Å². The molecule has 4 nitrogen and oxygen atoms in total. The van der Waals surface area contributed by atoms with Crippen molar-refractivity contribution in [1.82, 2.24) is 18.3 Å². The number of rotatable bonds is 12. The Labute approximate surface area is 632 Å². The summed E-state index contributed by atoms with van der Waals surface area (Å²) in [7, 11) is 0.